The molecule has 1 unspecified atom stereocenters. The molecule has 0 fully saturated rings. The summed E-state index contributed by atoms with van der Waals surface area (Å²) in [5, 5.41) is 5.02. The first kappa shape index (κ1) is 15.9. The minimum absolute atomic E-state index is 0.253. The highest BCUT2D eigenvalue weighted by Crippen LogP contribution is 1.94. The van der Waals surface area contributed by atoms with Crippen LogP contribution in [0.2, 0.25) is 0 Å². The van der Waals surface area contributed by atoms with Crippen molar-refractivity contribution < 1.29 is 14.3 Å². The summed E-state index contributed by atoms with van der Waals surface area (Å²) in [6.07, 6.45) is 2.11. The molecule has 1 atom stereocenters. The number of nitrogens with two attached hydrogens (primary N) is 1. The third-order valence-electron chi connectivity index (χ3n) is 2.11. The second-order valence-electron chi connectivity index (χ2n) is 4.16. The SMILES string of the molecule is CC(C)OCCCCNC(C)C(=O)NC(N)=O. The maximum Gasteiger partial charge on any atom is 0.318 e. The molecule has 0 saturated heterocycles. The molecule has 6 nitrogen and oxygen atoms in total. The van der Waals surface area contributed by atoms with Crippen LogP contribution < -0.4 is 16.4 Å². The predicted molar refractivity (Wildman–Crippen MR) is 65.5 cm³/mol. The molecule has 0 spiro atoms. The Balaban J connectivity index is 3.47. The van der Waals surface area contributed by atoms with Crippen LogP contribution in [-0.2, 0) is 9.53 Å². The van der Waals surface area contributed by atoms with E-state index in [9.17, 15) is 9.59 Å². The van der Waals surface area contributed by atoms with E-state index in [1.165, 1.54) is 0 Å². The first-order valence-electron chi connectivity index (χ1n) is 5.88. The number of unbranched alkanes of at least 4 members (excludes halogenated alkanes) is 1. The Morgan fingerprint density at radius 2 is 1.88 bits per heavy atom. The highest BCUT2D eigenvalue weighted by atomic mass is 16.5. The Bertz CT molecular complexity index is 244. The number of ether oxygens (including phenoxy) is 1. The summed E-state index contributed by atoms with van der Waals surface area (Å²) in [5.41, 5.74) is 4.84. The maximum atomic E-state index is 11.3. The number of hydrogen-bond acceptors (Lipinski definition) is 4. The lowest BCUT2D eigenvalue weighted by atomic mass is 10.2. The van der Waals surface area contributed by atoms with Crippen LogP contribution in [0.15, 0.2) is 0 Å². The van der Waals surface area contributed by atoms with E-state index in [0.717, 1.165) is 19.4 Å². The minimum Gasteiger partial charge on any atom is -0.379 e. The molecule has 0 aromatic heterocycles. The van der Waals surface area contributed by atoms with Crippen molar-refractivity contribution >= 4 is 11.9 Å². The van der Waals surface area contributed by atoms with Crippen LogP contribution in [0.25, 0.3) is 0 Å². The molecule has 0 heterocycles. The summed E-state index contributed by atoms with van der Waals surface area (Å²) >= 11 is 0. The fourth-order valence-corrected chi connectivity index (χ4v) is 1.19. The summed E-state index contributed by atoms with van der Waals surface area (Å²) in [7, 11) is 0. The molecular weight excluding hydrogens is 222 g/mol. The van der Waals surface area contributed by atoms with Crippen molar-refractivity contribution in [2.24, 2.45) is 5.73 Å². The molecule has 3 amide bonds. The molecule has 0 aromatic carbocycles. The van der Waals surface area contributed by atoms with E-state index in [1.807, 2.05) is 19.2 Å². The molecule has 0 bridgehead atoms. The van der Waals surface area contributed by atoms with Gasteiger partial charge in [-0.1, -0.05) is 0 Å². The van der Waals surface area contributed by atoms with E-state index in [2.05, 4.69) is 5.32 Å². The molecule has 0 rings (SSSR count). The number of carbonyl (C=O) groups excluding carboxylic acids is 2. The quantitative estimate of drug-likeness (QED) is 0.538. The topological polar surface area (TPSA) is 93.4 Å². The Morgan fingerprint density at radius 3 is 2.41 bits per heavy atom. The molecule has 0 saturated carbocycles. The van der Waals surface area contributed by atoms with Gasteiger partial charge in [0, 0.05) is 6.61 Å². The van der Waals surface area contributed by atoms with Crippen LogP contribution in [-0.4, -0.2) is 37.2 Å². The van der Waals surface area contributed by atoms with Gasteiger partial charge in [-0.3, -0.25) is 10.1 Å². The predicted octanol–water partition coefficient (Wildman–Crippen LogP) is 0.365. The van der Waals surface area contributed by atoms with Crippen LogP contribution in [0.1, 0.15) is 33.6 Å². The largest absolute Gasteiger partial charge is 0.379 e. The van der Waals surface area contributed by atoms with Crippen molar-refractivity contribution in [2.45, 2.75) is 45.8 Å². The van der Waals surface area contributed by atoms with Crippen LogP contribution in [0.4, 0.5) is 4.79 Å². The number of nitrogens with one attached hydrogen (secondary N) is 2. The Morgan fingerprint density at radius 1 is 1.24 bits per heavy atom. The Labute approximate surface area is 102 Å². The lowest BCUT2D eigenvalue weighted by Crippen LogP contribution is -2.46. The van der Waals surface area contributed by atoms with Crippen molar-refractivity contribution in [3.05, 3.63) is 0 Å². The lowest BCUT2D eigenvalue weighted by molar-refractivity contribution is -0.121. The van der Waals surface area contributed by atoms with Gasteiger partial charge in [0.15, 0.2) is 0 Å². The van der Waals surface area contributed by atoms with E-state index in [-0.39, 0.29) is 6.10 Å². The van der Waals surface area contributed by atoms with Gasteiger partial charge < -0.3 is 15.8 Å². The zero-order valence-electron chi connectivity index (χ0n) is 10.8. The molecular formula is C11H23N3O3. The number of hydrogen-bond donors (Lipinski definition) is 3. The van der Waals surface area contributed by atoms with E-state index < -0.39 is 18.0 Å². The maximum absolute atomic E-state index is 11.3. The van der Waals surface area contributed by atoms with Crippen molar-refractivity contribution in [2.75, 3.05) is 13.2 Å². The lowest BCUT2D eigenvalue weighted by Gasteiger charge is -2.12. The van der Waals surface area contributed by atoms with E-state index in [0.29, 0.717) is 6.54 Å². The molecule has 4 N–H and O–H groups in total. The highest BCUT2D eigenvalue weighted by Gasteiger charge is 2.12. The van der Waals surface area contributed by atoms with Gasteiger partial charge in [-0.2, -0.15) is 0 Å². The summed E-state index contributed by atoms with van der Waals surface area (Å²) in [4.78, 5) is 21.7. The first-order chi connectivity index (χ1) is 7.93. The fraction of sp³-hybridized carbons (Fsp3) is 0.818. The van der Waals surface area contributed by atoms with E-state index in [1.54, 1.807) is 6.92 Å². The molecule has 0 radical (unpaired) electrons. The van der Waals surface area contributed by atoms with E-state index >= 15 is 0 Å². The van der Waals surface area contributed by atoms with Crippen molar-refractivity contribution in [1.29, 1.82) is 0 Å². The highest BCUT2D eigenvalue weighted by molar-refractivity contribution is 5.96. The van der Waals surface area contributed by atoms with Gasteiger partial charge in [0.1, 0.15) is 0 Å². The molecule has 0 aromatic rings. The summed E-state index contributed by atoms with van der Waals surface area (Å²) in [5.74, 6) is -0.407. The fourth-order valence-electron chi connectivity index (χ4n) is 1.19. The standard InChI is InChI=1S/C11H23N3O3/c1-8(2)17-7-5-4-6-13-9(3)10(15)14-11(12)16/h8-9,13H,4-7H2,1-3H3,(H3,12,14,15,16). The molecule has 0 aliphatic rings. The number of urea groups is 1. The molecule has 17 heavy (non-hydrogen) atoms. The molecule has 100 valence electrons. The zero-order chi connectivity index (χ0) is 13.3. The summed E-state index contributed by atoms with van der Waals surface area (Å²) in [6.45, 7) is 7.10. The summed E-state index contributed by atoms with van der Waals surface area (Å²) in [6, 6.07) is -1.25. The second kappa shape index (κ2) is 8.95. The average molecular weight is 245 g/mol. The van der Waals surface area contributed by atoms with Gasteiger partial charge in [-0.25, -0.2) is 4.79 Å². The summed E-state index contributed by atoms with van der Waals surface area (Å²) < 4.78 is 5.38. The van der Waals surface area contributed by atoms with Gasteiger partial charge in [-0.15, -0.1) is 0 Å². The third kappa shape index (κ3) is 9.77. The number of imide groups is 1. The number of primary amides is 1. The number of amides is 3. The zero-order valence-corrected chi connectivity index (χ0v) is 10.8. The van der Waals surface area contributed by atoms with Crippen LogP contribution >= 0.6 is 0 Å². The Kier molecular flexibility index (Phi) is 8.35. The second-order valence-corrected chi connectivity index (χ2v) is 4.16. The van der Waals surface area contributed by atoms with E-state index in [4.69, 9.17) is 10.5 Å². The molecule has 0 aliphatic carbocycles. The monoisotopic (exact) mass is 245 g/mol. The van der Waals surface area contributed by atoms with Crippen molar-refractivity contribution in [3.8, 4) is 0 Å². The van der Waals surface area contributed by atoms with Gasteiger partial charge in [0.05, 0.1) is 12.1 Å². The smallest absolute Gasteiger partial charge is 0.318 e. The first-order valence-corrected chi connectivity index (χ1v) is 5.88. The average Bonchev–Trinajstić information content (AvgIpc) is 2.21. The van der Waals surface area contributed by atoms with Crippen LogP contribution in [0.3, 0.4) is 0 Å². The minimum atomic E-state index is -0.825. The third-order valence-corrected chi connectivity index (χ3v) is 2.11. The normalized spacial score (nSPS) is 12.5. The number of rotatable bonds is 8. The van der Waals surface area contributed by atoms with Gasteiger partial charge in [0.2, 0.25) is 5.91 Å². The van der Waals surface area contributed by atoms with Crippen LogP contribution in [0.5, 0.6) is 0 Å². The van der Waals surface area contributed by atoms with Gasteiger partial charge in [-0.05, 0) is 40.2 Å². The Hall–Kier alpha value is -1.14. The van der Waals surface area contributed by atoms with Crippen molar-refractivity contribution in [1.82, 2.24) is 10.6 Å². The molecule has 0 aliphatic heterocycles. The van der Waals surface area contributed by atoms with Crippen molar-refractivity contribution in [3.63, 3.8) is 0 Å². The van der Waals surface area contributed by atoms with Gasteiger partial charge >= 0.3 is 6.03 Å². The number of carbonyl (C=O) groups is 2. The van der Waals surface area contributed by atoms with Crippen LogP contribution in [0, 0.1) is 0 Å². The van der Waals surface area contributed by atoms with Gasteiger partial charge in [0.25, 0.3) is 0 Å². The molecule has 6 heteroatoms.